The van der Waals surface area contributed by atoms with Gasteiger partial charge in [0.25, 0.3) is 0 Å². The number of carbonyl (C=O) groups is 2. The molecule has 250 valence electrons. The molecular weight excluding hydrogens is 651 g/mol. The first kappa shape index (κ1) is 36.6. The fourth-order valence-electron chi connectivity index (χ4n) is 7.30. The van der Waals surface area contributed by atoms with Crippen LogP contribution < -0.4 is 15.0 Å². The molecule has 0 bridgehead atoms. The highest BCUT2D eigenvalue weighted by atomic mass is 35.5. The number of allylic oxidation sites excluding steroid dienone is 2. The van der Waals surface area contributed by atoms with Crippen molar-refractivity contribution in [3.05, 3.63) is 116 Å². The van der Waals surface area contributed by atoms with Gasteiger partial charge in [-0.3, -0.25) is 9.59 Å². The minimum Gasteiger partial charge on any atom is -0.481 e. The number of ether oxygens (including phenoxy) is 1. The number of anilines is 1. The van der Waals surface area contributed by atoms with Crippen LogP contribution in [0.2, 0.25) is 15.1 Å². The van der Waals surface area contributed by atoms with Crippen molar-refractivity contribution in [2.45, 2.75) is 90.6 Å². The number of fused-ring (bicyclic) bond motifs is 1. The number of carbonyl (C=O) groups excluding carboxylic acids is 2. The zero-order valence-electron chi connectivity index (χ0n) is 28.6. The number of aryl methyl sites for hydroxylation is 1. The van der Waals surface area contributed by atoms with Crippen molar-refractivity contribution in [1.82, 2.24) is 5.32 Å². The van der Waals surface area contributed by atoms with Crippen LogP contribution in [0.15, 0.2) is 78.5 Å². The number of rotatable bonds is 12. The molecule has 0 aromatic heterocycles. The fraction of sp³-hybridized carbons (Fsp3) is 0.385. The highest BCUT2D eigenvalue weighted by Gasteiger charge is 2.61. The summed E-state index contributed by atoms with van der Waals surface area (Å²) in [6.45, 7) is 18.0. The van der Waals surface area contributed by atoms with Crippen molar-refractivity contribution < 1.29 is 14.3 Å². The molecular formula is C39H45Cl3N2O3. The van der Waals surface area contributed by atoms with Gasteiger partial charge < -0.3 is 10.1 Å². The maximum absolute atomic E-state index is 15.4. The third-order valence-corrected chi connectivity index (χ3v) is 10.8. The first-order chi connectivity index (χ1) is 22.2. The zero-order valence-corrected chi connectivity index (χ0v) is 30.8. The quantitative estimate of drug-likeness (QED) is 0.192. The number of imide groups is 1. The van der Waals surface area contributed by atoms with Gasteiger partial charge in [0.1, 0.15) is 11.4 Å². The lowest BCUT2D eigenvalue weighted by Gasteiger charge is -2.44. The lowest BCUT2D eigenvalue weighted by Crippen LogP contribution is -2.50. The number of amides is 2. The Morgan fingerprint density at radius 2 is 1.57 bits per heavy atom. The van der Waals surface area contributed by atoms with Crippen molar-refractivity contribution in [1.29, 1.82) is 0 Å². The van der Waals surface area contributed by atoms with E-state index in [1.165, 1.54) is 11.8 Å². The summed E-state index contributed by atoms with van der Waals surface area (Å²) in [6.07, 6.45) is 3.85. The van der Waals surface area contributed by atoms with Gasteiger partial charge in [0.05, 0.1) is 11.1 Å². The van der Waals surface area contributed by atoms with E-state index < -0.39 is 22.9 Å². The monoisotopic (exact) mass is 694 g/mol. The van der Waals surface area contributed by atoms with Crippen LogP contribution in [0.3, 0.4) is 0 Å². The highest BCUT2D eigenvalue weighted by molar-refractivity contribution is 6.32. The summed E-state index contributed by atoms with van der Waals surface area (Å²) in [5, 5.41) is 4.71. The van der Waals surface area contributed by atoms with Gasteiger partial charge in [0.15, 0.2) is 0 Å². The van der Waals surface area contributed by atoms with Gasteiger partial charge in [-0.1, -0.05) is 85.9 Å². The van der Waals surface area contributed by atoms with E-state index in [1.807, 2.05) is 70.3 Å². The molecule has 8 heteroatoms. The molecule has 3 aromatic rings. The fourth-order valence-corrected chi connectivity index (χ4v) is 7.83. The molecule has 0 unspecified atom stereocenters. The summed E-state index contributed by atoms with van der Waals surface area (Å²) in [7, 11) is 1.84. The molecule has 1 aliphatic heterocycles. The maximum atomic E-state index is 15.4. The molecule has 0 fully saturated rings. The van der Waals surface area contributed by atoms with Crippen molar-refractivity contribution in [3.8, 4) is 5.75 Å². The largest absolute Gasteiger partial charge is 0.481 e. The van der Waals surface area contributed by atoms with Crippen molar-refractivity contribution in [2.24, 2.45) is 0 Å². The number of hydrogen-bond donors (Lipinski definition) is 1. The molecule has 5 nitrogen and oxygen atoms in total. The second kappa shape index (κ2) is 14.5. The van der Waals surface area contributed by atoms with Gasteiger partial charge in [0, 0.05) is 52.1 Å². The van der Waals surface area contributed by atoms with Gasteiger partial charge in [-0.15, -0.1) is 0 Å². The zero-order chi connectivity index (χ0) is 34.8. The van der Waals surface area contributed by atoms with Gasteiger partial charge in [0.2, 0.25) is 11.8 Å². The maximum Gasteiger partial charge on any atom is 0.245 e. The molecule has 3 aromatic carbocycles. The first-order valence-corrected chi connectivity index (χ1v) is 17.2. The van der Waals surface area contributed by atoms with E-state index in [9.17, 15) is 4.79 Å². The topological polar surface area (TPSA) is 58.6 Å². The van der Waals surface area contributed by atoms with Crippen molar-refractivity contribution >= 4 is 52.3 Å². The first-order valence-electron chi connectivity index (χ1n) is 16.1. The van der Waals surface area contributed by atoms with E-state index in [1.54, 1.807) is 12.1 Å². The van der Waals surface area contributed by atoms with Crippen LogP contribution in [0.25, 0.3) is 0 Å². The Hall–Kier alpha value is -3.25. The second-order valence-corrected chi connectivity index (χ2v) is 13.8. The highest BCUT2D eigenvalue weighted by Crippen LogP contribution is 2.60. The van der Waals surface area contributed by atoms with Crippen LogP contribution in [0.1, 0.15) is 94.9 Å². The minimum atomic E-state index is -1.30. The minimum absolute atomic E-state index is 0.328. The molecule has 0 saturated heterocycles. The van der Waals surface area contributed by atoms with Gasteiger partial charge in [-0.25, -0.2) is 4.90 Å². The average Bonchev–Trinajstić information content (AvgIpc) is 3.30. The van der Waals surface area contributed by atoms with Crippen molar-refractivity contribution in [3.63, 3.8) is 0 Å². The van der Waals surface area contributed by atoms with E-state index in [0.717, 1.165) is 28.0 Å². The molecule has 2 amide bonds. The smallest absolute Gasteiger partial charge is 0.245 e. The summed E-state index contributed by atoms with van der Waals surface area (Å²) >= 11 is 20.0. The third-order valence-electron chi connectivity index (χ3n) is 10.1. The van der Waals surface area contributed by atoms with Crippen LogP contribution in [0.4, 0.5) is 5.69 Å². The van der Waals surface area contributed by atoms with E-state index in [2.05, 4.69) is 38.7 Å². The van der Waals surface area contributed by atoms with E-state index in [4.69, 9.17) is 39.5 Å². The SMILES string of the molecule is C=C(NC)C(CC)(CC)Oc1ccc(Cl)cc1[C@H](C/C(C)=C/C)[C@@]1([C@H](C)c2cc(Cl)ccc2C)C(=O)N(C(C)=O)c2cc(Cl)ccc21. The molecule has 0 spiro atoms. The van der Waals surface area contributed by atoms with Gasteiger partial charge >= 0.3 is 0 Å². The van der Waals surface area contributed by atoms with Crippen LogP contribution in [-0.4, -0.2) is 24.5 Å². The number of nitrogens with one attached hydrogen (secondary N) is 1. The average molecular weight is 696 g/mol. The van der Waals surface area contributed by atoms with E-state index >= 15 is 4.79 Å². The van der Waals surface area contributed by atoms with Gasteiger partial charge in [-0.05, 0) is 99.2 Å². The molecule has 1 aliphatic rings. The van der Waals surface area contributed by atoms with E-state index in [0.29, 0.717) is 51.3 Å². The Bertz CT molecular complexity index is 1730. The Balaban J connectivity index is 2.19. The Morgan fingerprint density at radius 3 is 2.15 bits per heavy atom. The number of halogens is 3. The van der Waals surface area contributed by atoms with Crippen LogP contribution in [0.5, 0.6) is 5.75 Å². The number of benzene rings is 3. The predicted octanol–water partition coefficient (Wildman–Crippen LogP) is 10.7. The summed E-state index contributed by atoms with van der Waals surface area (Å²) in [5.41, 5.74) is 3.64. The normalized spacial score (nSPS) is 17.7. The Morgan fingerprint density at radius 1 is 1.00 bits per heavy atom. The van der Waals surface area contributed by atoms with Crippen molar-refractivity contribution in [2.75, 3.05) is 11.9 Å². The predicted molar refractivity (Wildman–Crippen MR) is 196 cm³/mol. The molecule has 47 heavy (non-hydrogen) atoms. The molecule has 1 heterocycles. The number of hydrogen-bond acceptors (Lipinski definition) is 4. The summed E-state index contributed by atoms with van der Waals surface area (Å²) in [5.74, 6) is -1.10. The third kappa shape index (κ3) is 6.47. The molecule has 0 saturated carbocycles. The molecule has 0 radical (unpaired) electrons. The Kier molecular flexibility index (Phi) is 11.3. The standard InChI is InChI=1S/C39H45Cl3N2O3/c1-10-23(4)19-34(32-21-29(41)16-18-36(32)47-38(11-2,12-3)26(7)43-9)39(25(6)31-20-28(40)14-13-24(31)5)33-17-15-30(42)22-35(33)44(27(8)45)37(39)46/h10,13-18,20-22,25,34,43H,7,11-12,19H2,1-6,8-9H3/b23-10+/t25-,34+,39+/m1/s1. The lowest BCUT2D eigenvalue weighted by molar-refractivity contribution is -0.129. The molecule has 4 rings (SSSR count). The Labute approximate surface area is 294 Å². The summed E-state index contributed by atoms with van der Waals surface area (Å²) < 4.78 is 7.01. The number of likely N-dealkylation sites (N-methyl/N-ethyl adjacent to an activating group) is 1. The lowest BCUT2D eigenvalue weighted by atomic mass is 9.58. The molecule has 0 aliphatic carbocycles. The molecule has 1 N–H and O–H groups in total. The van der Waals surface area contributed by atoms with Crippen LogP contribution >= 0.6 is 34.8 Å². The summed E-state index contributed by atoms with van der Waals surface area (Å²) in [6, 6.07) is 16.7. The second-order valence-electron chi connectivity index (χ2n) is 12.5. The number of nitrogens with zero attached hydrogens (tertiary/aromatic N) is 1. The van der Waals surface area contributed by atoms with E-state index in [-0.39, 0.29) is 11.8 Å². The summed E-state index contributed by atoms with van der Waals surface area (Å²) in [4.78, 5) is 30.1. The molecule has 3 atom stereocenters. The van der Waals surface area contributed by atoms with Crippen LogP contribution in [0, 0.1) is 6.92 Å². The van der Waals surface area contributed by atoms with Crippen LogP contribution in [-0.2, 0) is 15.0 Å². The van der Waals surface area contributed by atoms with Gasteiger partial charge in [-0.2, -0.15) is 0 Å².